The van der Waals surface area contributed by atoms with Crippen LogP contribution in [-0.4, -0.2) is 23.1 Å². The van der Waals surface area contributed by atoms with Crippen LogP contribution >= 0.6 is 0 Å². The van der Waals surface area contributed by atoms with Crippen LogP contribution < -0.4 is 0 Å². The Morgan fingerprint density at radius 1 is 1.50 bits per heavy atom. The highest BCUT2D eigenvalue weighted by Crippen LogP contribution is 2.19. The van der Waals surface area contributed by atoms with Gasteiger partial charge in [-0.1, -0.05) is 0 Å². The summed E-state index contributed by atoms with van der Waals surface area (Å²) in [5.74, 6) is 0. The van der Waals surface area contributed by atoms with Gasteiger partial charge in [-0.3, -0.25) is 4.68 Å². The molecule has 80 valence electrons. The molecule has 1 rings (SSSR count). The molecule has 0 aliphatic heterocycles. The summed E-state index contributed by atoms with van der Waals surface area (Å²) in [5.41, 5.74) is 0.634. The van der Waals surface area contributed by atoms with Gasteiger partial charge in [0.05, 0.1) is 18.7 Å². The quantitative estimate of drug-likeness (QED) is 0.756. The van der Waals surface area contributed by atoms with Crippen LogP contribution in [0.3, 0.4) is 0 Å². The number of methoxy groups -OCH3 is 1. The highest BCUT2D eigenvalue weighted by atomic mass is 19.4. The third-order valence-electron chi connectivity index (χ3n) is 1.61. The van der Waals surface area contributed by atoms with Gasteiger partial charge in [-0.15, -0.1) is 0 Å². The van der Waals surface area contributed by atoms with Crippen molar-refractivity contribution in [3.8, 4) is 0 Å². The smallest absolute Gasteiger partial charge is 0.378 e. The van der Waals surface area contributed by atoms with Gasteiger partial charge in [0.15, 0.2) is 0 Å². The second kappa shape index (κ2) is 4.45. The molecule has 14 heavy (non-hydrogen) atoms. The number of aryl methyl sites for hydroxylation is 1. The summed E-state index contributed by atoms with van der Waals surface area (Å²) < 4.78 is 41.5. The number of halogens is 3. The van der Waals surface area contributed by atoms with Crippen LogP contribution in [0.5, 0.6) is 0 Å². The van der Waals surface area contributed by atoms with E-state index in [2.05, 4.69) is 5.10 Å². The molecule has 6 heteroatoms. The van der Waals surface area contributed by atoms with E-state index in [1.54, 1.807) is 6.07 Å². The van der Waals surface area contributed by atoms with Gasteiger partial charge in [-0.05, 0) is 6.07 Å². The largest absolute Gasteiger partial charge is 0.390 e. The predicted molar refractivity (Wildman–Crippen MR) is 43.6 cm³/mol. The van der Waals surface area contributed by atoms with Gasteiger partial charge in [0, 0.05) is 19.9 Å². The molecule has 0 radical (unpaired) electrons. The lowest BCUT2D eigenvalue weighted by Gasteiger charge is -2.05. The molecule has 0 saturated heterocycles. The Balaban J connectivity index is 2.44. The number of alkyl halides is 3. The summed E-state index contributed by atoms with van der Waals surface area (Å²) in [4.78, 5) is 0. The molecule has 0 saturated carbocycles. The Morgan fingerprint density at radius 2 is 2.21 bits per heavy atom. The highest BCUT2D eigenvalue weighted by molar-refractivity contribution is 4.96. The molecule has 0 aliphatic rings. The normalized spacial score (nSPS) is 12.0. The molecule has 3 nitrogen and oxygen atoms in total. The van der Waals surface area contributed by atoms with Crippen LogP contribution in [0.2, 0.25) is 0 Å². The minimum Gasteiger partial charge on any atom is -0.378 e. The van der Waals surface area contributed by atoms with Gasteiger partial charge < -0.3 is 4.74 Å². The van der Waals surface area contributed by atoms with E-state index in [0.29, 0.717) is 12.3 Å². The SMILES string of the molecule is COCc1ccn(CCC(F)(F)F)n1. The van der Waals surface area contributed by atoms with Crippen LogP contribution in [0, 0.1) is 0 Å². The van der Waals surface area contributed by atoms with Gasteiger partial charge in [0.1, 0.15) is 0 Å². The lowest BCUT2D eigenvalue weighted by atomic mass is 10.4. The van der Waals surface area contributed by atoms with E-state index in [-0.39, 0.29) is 6.54 Å². The zero-order chi connectivity index (χ0) is 10.6. The van der Waals surface area contributed by atoms with E-state index in [4.69, 9.17) is 4.74 Å². The van der Waals surface area contributed by atoms with Crippen molar-refractivity contribution in [1.29, 1.82) is 0 Å². The zero-order valence-corrected chi connectivity index (χ0v) is 7.71. The molecule has 0 bridgehead atoms. The van der Waals surface area contributed by atoms with Crippen LogP contribution in [0.4, 0.5) is 13.2 Å². The molecule has 0 spiro atoms. The molecule has 0 N–H and O–H groups in total. The molecule has 0 aromatic carbocycles. The molecule has 1 aromatic rings. The summed E-state index contributed by atoms with van der Waals surface area (Å²) in [6, 6.07) is 1.64. The Hall–Kier alpha value is -1.04. The summed E-state index contributed by atoms with van der Waals surface area (Å²) >= 11 is 0. The van der Waals surface area contributed by atoms with E-state index in [9.17, 15) is 13.2 Å². The lowest BCUT2D eigenvalue weighted by Crippen LogP contribution is -2.12. The van der Waals surface area contributed by atoms with Crippen LogP contribution in [0.25, 0.3) is 0 Å². The van der Waals surface area contributed by atoms with Crippen molar-refractivity contribution < 1.29 is 17.9 Å². The predicted octanol–water partition coefficient (Wildman–Crippen LogP) is 1.98. The Kier molecular flexibility index (Phi) is 3.51. The number of aromatic nitrogens is 2. The fourth-order valence-electron chi connectivity index (χ4n) is 0.994. The number of ether oxygens (including phenoxy) is 1. The van der Waals surface area contributed by atoms with Crippen molar-refractivity contribution >= 4 is 0 Å². The van der Waals surface area contributed by atoms with Gasteiger partial charge in [0.2, 0.25) is 0 Å². The molecule has 1 heterocycles. The number of hydrogen-bond donors (Lipinski definition) is 0. The van der Waals surface area contributed by atoms with Gasteiger partial charge in [0.25, 0.3) is 0 Å². The first-order chi connectivity index (χ1) is 6.51. The first-order valence-corrected chi connectivity index (χ1v) is 4.09. The molecular formula is C8H11F3N2O. The maximum atomic E-state index is 11.8. The van der Waals surface area contributed by atoms with Crippen LogP contribution in [0.1, 0.15) is 12.1 Å². The molecule has 0 atom stereocenters. The van der Waals surface area contributed by atoms with E-state index in [1.807, 2.05) is 0 Å². The minimum atomic E-state index is -4.13. The van der Waals surface area contributed by atoms with Gasteiger partial charge in [-0.25, -0.2) is 0 Å². The number of nitrogens with zero attached hydrogens (tertiary/aromatic N) is 2. The van der Waals surface area contributed by atoms with E-state index in [1.165, 1.54) is 18.0 Å². The van der Waals surface area contributed by atoms with E-state index >= 15 is 0 Å². The van der Waals surface area contributed by atoms with Gasteiger partial charge >= 0.3 is 6.18 Å². The standard InChI is InChI=1S/C8H11F3N2O/c1-14-6-7-2-4-13(12-7)5-3-8(9,10)11/h2,4H,3,5-6H2,1H3. The first kappa shape index (κ1) is 11.0. The monoisotopic (exact) mass is 208 g/mol. The van der Waals surface area contributed by atoms with Gasteiger partial charge in [-0.2, -0.15) is 18.3 Å². The van der Waals surface area contributed by atoms with E-state index in [0.717, 1.165) is 0 Å². The first-order valence-electron chi connectivity index (χ1n) is 4.09. The Labute approximate surface area is 79.5 Å². The summed E-state index contributed by atoms with van der Waals surface area (Å²) in [5, 5.41) is 3.89. The van der Waals surface area contributed by atoms with Crippen molar-refractivity contribution in [3.05, 3.63) is 18.0 Å². The molecular weight excluding hydrogens is 197 g/mol. The maximum Gasteiger partial charge on any atom is 0.390 e. The van der Waals surface area contributed by atoms with Crippen molar-refractivity contribution in [2.24, 2.45) is 0 Å². The van der Waals surface area contributed by atoms with Crippen molar-refractivity contribution in [2.45, 2.75) is 25.7 Å². The van der Waals surface area contributed by atoms with Crippen LogP contribution in [0.15, 0.2) is 12.3 Å². The molecule has 1 aromatic heterocycles. The topological polar surface area (TPSA) is 27.1 Å². The second-order valence-corrected chi connectivity index (χ2v) is 2.87. The third kappa shape index (κ3) is 3.78. The van der Waals surface area contributed by atoms with Crippen molar-refractivity contribution in [3.63, 3.8) is 0 Å². The Morgan fingerprint density at radius 3 is 2.79 bits per heavy atom. The summed E-state index contributed by atoms with van der Waals surface area (Å²) in [6.07, 6.45) is -3.48. The number of hydrogen-bond acceptors (Lipinski definition) is 2. The molecule has 0 aliphatic carbocycles. The third-order valence-corrected chi connectivity index (χ3v) is 1.61. The molecule has 0 fully saturated rings. The van der Waals surface area contributed by atoms with Crippen molar-refractivity contribution in [2.75, 3.05) is 7.11 Å². The maximum absolute atomic E-state index is 11.8. The molecule has 0 unspecified atom stereocenters. The van der Waals surface area contributed by atoms with Crippen molar-refractivity contribution in [1.82, 2.24) is 9.78 Å². The fraction of sp³-hybridized carbons (Fsp3) is 0.625. The molecule has 0 amide bonds. The Bertz CT molecular complexity index is 282. The fourth-order valence-corrected chi connectivity index (χ4v) is 0.994. The summed E-state index contributed by atoms with van der Waals surface area (Å²) in [6.45, 7) is 0.173. The highest BCUT2D eigenvalue weighted by Gasteiger charge is 2.26. The lowest BCUT2D eigenvalue weighted by molar-refractivity contribution is -0.137. The average Bonchev–Trinajstić information content (AvgIpc) is 2.49. The van der Waals surface area contributed by atoms with Crippen LogP contribution in [-0.2, 0) is 17.9 Å². The van der Waals surface area contributed by atoms with E-state index < -0.39 is 12.6 Å². The number of rotatable bonds is 4. The zero-order valence-electron chi connectivity index (χ0n) is 7.71. The minimum absolute atomic E-state index is 0.146. The summed E-state index contributed by atoms with van der Waals surface area (Å²) in [7, 11) is 1.51. The average molecular weight is 208 g/mol. The second-order valence-electron chi connectivity index (χ2n) is 2.87.